The van der Waals surface area contributed by atoms with Crippen LogP contribution >= 0.6 is 0 Å². The summed E-state index contributed by atoms with van der Waals surface area (Å²) in [6.45, 7) is 1.85. The fraction of sp³-hybridized carbons (Fsp3) is 0.476. The number of hydrogen-bond acceptors (Lipinski definition) is 4. The minimum absolute atomic E-state index is 0.0312. The van der Waals surface area contributed by atoms with Crippen LogP contribution in [0.4, 0.5) is 4.39 Å². The molecule has 1 N–H and O–H groups in total. The Morgan fingerprint density at radius 1 is 1.30 bits per heavy atom. The molecule has 1 aliphatic heterocycles. The summed E-state index contributed by atoms with van der Waals surface area (Å²) in [6, 6.07) is 6.52. The maximum Gasteiger partial charge on any atom is 0.255 e. The van der Waals surface area contributed by atoms with Crippen LogP contribution in [0.5, 0.6) is 0 Å². The van der Waals surface area contributed by atoms with Crippen LogP contribution in [0, 0.1) is 17.1 Å². The number of nitrogens with zero attached hydrogens (tertiary/aromatic N) is 3. The van der Waals surface area contributed by atoms with Crippen molar-refractivity contribution < 1.29 is 4.39 Å². The van der Waals surface area contributed by atoms with Gasteiger partial charge in [-0.2, -0.15) is 5.26 Å². The van der Waals surface area contributed by atoms with Gasteiger partial charge in [-0.05, 0) is 30.5 Å². The lowest BCUT2D eigenvalue weighted by molar-refractivity contribution is 0.240. The minimum Gasteiger partial charge on any atom is -0.310 e. The molecule has 2 aromatic rings. The summed E-state index contributed by atoms with van der Waals surface area (Å²) in [4.78, 5) is 22.6. The zero-order valence-corrected chi connectivity index (χ0v) is 15.3. The molecule has 0 spiro atoms. The van der Waals surface area contributed by atoms with E-state index in [0.717, 1.165) is 48.5 Å². The third kappa shape index (κ3) is 3.79. The summed E-state index contributed by atoms with van der Waals surface area (Å²) < 4.78 is 13.8. The average molecular weight is 366 g/mol. The molecular formula is C21H23FN4O. The zero-order chi connectivity index (χ0) is 18.8. The summed E-state index contributed by atoms with van der Waals surface area (Å²) in [7, 11) is 0. The molecule has 1 aliphatic carbocycles. The van der Waals surface area contributed by atoms with E-state index in [2.05, 4.69) is 9.88 Å². The van der Waals surface area contributed by atoms with Gasteiger partial charge in [0.25, 0.3) is 5.56 Å². The second kappa shape index (κ2) is 7.61. The van der Waals surface area contributed by atoms with Crippen LogP contribution in [0.3, 0.4) is 0 Å². The predicted molar refractivity (Wildman–Crippen MR) is 99.6 cm³/mol. The van der Waals surface area contributed by atoms with Gasteiger partial charge in [-0.3, -0.25) is 9.69 Å². The zero-order valence-electron chi connectivity index (χ0n) is 15.3. The molecule has 27 heavy (non-hydrogen) atoms. The number of nitrogens with one attached hydrogen (secondary N) is 1. The summed E-state index contributed by atoms with van der Waals surface area (Å²) in [5, 5.41) is 8.84. The molecule has 2 heterocycles. The average Bonchev–Trinajstić information content (AvgIpc) is 2.69. The lowest BCUT2D eigenvalue weighted by Gasteiger charge is -2.29. The van der Waals surface area contributed by atoms with Gasteiger partial charge in [0.2, 0.25) is 0 Å². The molecule has 0 amide bonds. The maximum atomic E-state index is 13.8. The van der Waals surface area contributed by atoms with E-state index in [4.69, 9.17) is 10.2 Å². The van der Waals surface area contributed by atoms with Gasteiger partial charge >= 0.3 is 0 Å². The van der Waals surface area contributed by atoms with Crippen molar-refractivity contribution in [3.05, 3.63) is 62.6 Å². The molecular weight excluding hydrogens is 343 g/mol. The first-order valence-corrected chi connectivity index (χ1v) is 9.67. The van der Waals surface area contributed by atoms with Gasteiger partial charge in [0.1, 0.15) is 17.7 Å². The SMILES string of the molecule is N#Cc1ccc(CN2CCc3nc(C4CCCCC4)[nH]c(=O)c3C2)cc1F. The van der Waals surface area contributed by atoms with E-state index in [1.807, 2.05) is 6.07 Å². The number of fused-ring (bicyclic) bond motifs is 1. The molecule has 140 valence electrons. The number of nitriles is 1. The summed E-state index contributed by atoms with van der Waals surface area (Å²) in [6.07, 6.45) is 6.64. The lowest BCUT2D eigenvalue weighted by Crippen LogP contribution is -2.36. The topological polar surface area (TPSA) is 72.8 Å². The normalized spacial score (nSPS) is 18.1. The Balaban J connectivity index is 1.50. The Labute approximate surface area is 157 Å². The second-order valence-electron chi connectivity index (χ2n) is 7.60. The van der Waals surface area contributed by atoms with E-state index in [9.17, 15) is 9.18 Å². The quantitative estimate of drug-likeness (QED) is 0.904. The van der Waals surface area contributed by atoms with Crippen molar-refractivity contribution >= 4 is 0 Å². The summed E-state index contributed by atoms with van der Waals surface area (Å²) in [5.41, 5.74) is 2.48. The number of benzene rings is 1. The van der Waals surface area contributed by atoms with E-state index < -0.39 is 5.82 Å². The fourth-order valence-corrected chi connectivity index (χ4v) is 4.21. The van der Waals surface area contributed by atoms with Gasteiger partial charge in [0.05, 0.1) is 16.8 Å². The Kier molecular flexibility index (Phi) is 5.04. The first-order chi connectivity index (χ1) is 13.1. The second-order valence-corrected chi connectivity index (χ2v) is 7.60. The molecule has 5 nitrogen and oxygen atoms in total. The van der Waals surface area contributed by atoms with Gasteiger partial charge < -0.3 is 4.98 Å². The van der Waals surface area contributed by atoms with Crippen molar-refractivity contribution in [2.75, 3.05) is 6.54 Å². The van der Waals surface area contributed by atoms with Crippen LogP contribution in [-0.4, -0.2) is 21.4 Å². The molecule has 0 bridgehead atoms. The van der Waals surface area contributed by atoms with Crippen molar-refractivity contribution in [1.29, 1.82) is 5.26 Å². The Morgan fingerprint density at radius 2 is 2.11 bits per heavy atom. The fourth-order valence-electron chi connectivity index (χ4n) is 4.21. The van der Waals surface area contributed by atoms with E-state index in [0.29, 0.717) is 19.0 Å². The minimum atomic E-state index is -0.496. The molecule has 6 heteroatoms. The van der Waals surface area contributed by atoms with Crippen LogP contribution in [0.2, 0.25) is 0 Å². The summed E-state index contributed by atoms with van der Waals surface area (Å²) in [5.74, 6) is 0.751. The first-order valence-electron chi connectivity index (χ1n) is 9.67. The van der Waals surface area contributed by atoms with Crippen molar-refractivity contribution in [3.63, 3.8) is 0 Å². The Bertz CT molecular complexity index is 940. The molecule has 0 saturated heterocycles. The number of H-pyrrole nitrogens is 1. The predicted octanol–water partition coefficient (Wildman–Crippen LogP) is 3.39. The van der Waals surface area contributed by atoms with Crippen LogP contribution in [-0.2, 0) is 19.5 Å². The van der Waals surface area contributed by atoms with Crippen LogP contribution in [0.1, 0.15) is 66.2 Å². The van der Waals surface area contributed by atoms with Gasteiger partial charge in [0.15, 0.2) is 0 Å². The Morgan fingerprint density at radius 3 is 2.85 bits per heavy atom. The number of aromatic nitrogens is 2. The number of hydrogen-bond donors (Lipinski definition) is 1. The van der Waals surface area contributed by atoms with Gasteiger partial charge in [-0.1, -0.05) is 25.3 Å². The molecule has 0 atom stereocenters. The smallest absolute Gasteiger partial charge is 0.255 e. The van der Waals surface area contributed by atoms with E-state index in [-0.39, 0.29) is 11.1 Å². The monoisotopic (exact) mass is 366 g/mol. The lowest BCUT2D eigenvalue weighted by atomic mass is 9.88. The first kappa shape index (κ1) is 17.9. The van der Waals surface area contributed by atoms with Gasteiger partial charge in [0, 0.05) is 32.0 Å². The van der Waals surface area contributed by atoms with Gasteiger partial charge in [-0.15, -0.1) is 0 Å². The number of aromatic amines is 1. The van der Waals surface area contributed by atoms with E-state index in [1.165, 1.54) is 31.4 Å². The standard InChI is InChI=1S/C21H23FN4O/c22-18-10-14(6-7-16(18)11-23)12-26-9-8-19-17(13-26)21(27)25-20(24-19)15-4-2-1-3-5-15/h6-7,10,15H,1-5,8-9,12-13H2,(H,24,25,27). The molecule has 4 rings (SSSR count). The molecule has 2 aliphatic rings. The molecule has 0 unspecified atom stereocenters. The molecule has 1 aromatic heterocycles. The number of halogens is 1. The van der Waals surface area contributed by atoms with Gasteiger partial charge in [-0.25, -0.2) is 9.37 Å². The summed E-state index contributed by atoms with van der Waals surface area (Å²) >= 11 is 0. The molecule has 0 radical (unpaired) electrons. The van der Waals surface area contributed by atoms with Crippen molar-refractivity contribution in [2.24, 2.45) is 0 Å². The van der Waals surface area contributed by atoms with Crippen LogP contribution in [0.25, 0.3) is 0 Å². The highest BCUT2D eigenvalue weighted by atomic mass is 19.1. The largest absolute Gasteiger partial charge is 0.310 e. The van der Waals surface area contributed by atoms with Crippen molar-refractivity contribution in [1.82, 2.24) is 14.9 Å². The maximum absolute atomic E-state index is 13.8. The highest BCUT2D eigenvalue weighted by Crippen LogP contribution is 2.30. The Hall–Kier alpha value is -2.52. The number of rotatable bonds is 3. The van der Waals surface area contributed by atoms with Crippen LogP contribution in [0.15, 0.2) is 23.0 Å². The molecule has 1 fully saturated rings. The van der Waals surface area contributed by atoms with Crippen LogP contribution < -0.4 is 5.56 Å². The third-order valence-electron chi connectivity index (χ3n) is 5.72. The van der Waals surface area contributed by atoms with Crippen molar-refractivity contribution in [2.45, 2.75) is 57.5 Å². The van der Waals surface area contributed by atoms with E-state index >= 15 is 0 Å². The highest BCUT2D eigenvalue weighted by molar-refractivity contribution is 5.33. The third-order valence-corrected chi connectivity index (χ3v) is 5.72. The molecule has 1 saturated carbocycles. The van der Waals surface area contributed by atoms with Crippen molar-refractivity contribution in [3.8, 4) is 6.07 Å². The van der Waals surface area contributed by atoms with E-state index in [1.54, 1.807) is 6.07 Å². The molecule has 1 aromatic carbocycles. The highest BCUT2D eigenvalue weighted by Gasteiger charge is 2.24.